The molecule has 0 amide bonds. The van der Waals surface area contributed by atoms with Crippen LogP contribution in [0.4, 0.5) is 0 Å². The Balaban J connectivity index is 1.80. The fourth-order valence-electron chi connectivity index (χ4n) is 2.91. The molecule has 0 spiro atoms. The van der Waals surface area contributed by atoms with Crippen LogP contribution < -0.4 is 5.32 Å². The third-order valence-electron chi connectivity index (χ3n) is 4.20. The highest BCUT2D eigenvalue weighted by molar-refractivity contribution is 5.76. The molecular weight excluding hydrogens is 278 g/mol. The van der Waals surface area contributed by atoms with Gasteiger partial charge < -0.3 is 15.2 Å². The van der Waals surface area contributed by atoms with Gasteiger partial charge in [-0.25, -0.2) is 0 Å². The van der Waals surface area contributed by atoms with E-state index in [4.69, 9.17) is 4.74 Å². The Kier molecular flexibility index (Phi) is 3.96. The van der Waals surface area contributed by atoms with Crippen LogP contribution in [0.3, 0.4) is 0 Å². The van der Waals surface area contributed by atoms with Crippen LogP contribution in [0.1, 0.15) is 12.0 Å². The average molecular weight is 297 g/mol. The first kappa shape index (κ1) is 14.8. The fraction of sp³-hybridized carbons (Fsp3) is 0.278. The Hall–Kier alpha value is -2.17. The zero-order valence-electron chi connectivity index (χ0n) is 12.5. The van der Waals surface area contributed by atoms with Crippen LogP contribution in [-0.4, -0.2) is 30.8 Å². The lowest BCUT2D eigenvalue weighted by Gasteiger charge is -2.22. The van der Waals surface area contributed by atoms with Gasteiger partial charge in [0.25, 0.3) is 0 Å². The van der Waals surface area contributed by atoms with Gasteiger partial charge in [-0.05, 0) is 16.7 Å². The molecule has 1 heterocycles. The number of carbonyl (C=O) groups is 1. The third kappa shape index (κ3) is 2.75. The highest BCUT2D eigenvalue weighted by Gasteiger charge is 2.41. The van der Waals surface area contributed by atoms with Gasteiger partial charge in [0, 0.05) is 13.0 Å². The van der Waals surface area contributed by atoms with Gasteiger partial charge in [-0.2, -0.15) is 0 Å². The van der Waals surface area contributed by atoms with E-state index in [0.29, 0.717) is 13.0 Å². The molecule has 0 bridgehead atoms. The number of hydrogen-bond donors (Lipinski definition) is 2. The Morgan fingerprint density at radius 3 is 2.41 bits per heavy atom. The first-order chi connectivity index (χ1) is 10.6. The van der Waals surface area contributed by atoms with Crippen molar-refractivity contribution in [1.82, 2.24) is 5.32 Å². The largest absolute Gasteiger partial charge is 0.468 e. The maximum absolute atomic E-state index is 11.6. The molecule has 0 aromatic heterocycles. The van der Waals surface area contributed by atoms with E-state index in [0.717, 1.165) is 16.7 Å². The van der Waals surface area contributed by atoms with E-state index in [1.54, 1.807) is 0 Å². The van der Waals surface area contributed by atoms with E-state index in [1.807, 2.05) is 54.6 Å². The number of aliphatic hydroxyl groups is 1. The minimum absolute atomic E-state index is 0.324. The van der Waals surface area contributed by atoms with Crippen molar-refractivity contribution in [3.63, 3.8) is 0 Å². The normalized spacial score (nSPS) is 24.2. The average Bonchev–Trinajstić information content (AvgIpc) is 2.99. The lowest BCUT2D eigenvalue weighted by atomic mass is 9.90. The second-order valence-corrected chi connectivity index (χ2v) is 5.64. The summed E-state index contributed by atoms with van der Waals surface area (Å²) in [5.41, 5.74) is 2.01. The molecule has 2 aromatic carbocycles. The van der Waals surface area contributed by atoms with Crippen LogP contribution in [0.15, 0.2) is 54.6 Å². The van der Waals surface area contributed by atoms with Crippen molar-refractivity contribution < 1.29 is 14.6 Å². The maximum Gasteiger partial charge on any atom is 0.322 e. The number of β-amino-alcohol motifs (C(OH)–C–C–N with tert-alkyl or cyclic N) is 1. The number of esters is 1. The maximum atomic E-state index is 11.6. The molecule has 114 valence electrons. The molecule has 2 atom stereocenters. The molecule has 2 aromatic rings. The van der Waals surface area contributed by atoms with Crippen molar-refractivity contribution in [1.29, 1.82) is 0 Å². The van der Waals surface area contributed by atoms with E-state index < -0.39 is 11.6 Å². The summed E-state index contributed by atoms with van der Waals surface area (Å²) in [6.07, 6.45) is 0.324. The van der Waals surface area contributed by atoms with Gasteiger partial charge in [0.15, 0.2) is 0 Å². The van der Waals surface area contributed by atoms with Crippen molar-refractivity contribution >= 4 is 5.97 Å². The summed E-state index contributed by atoms with van der Waals surface area (Å²) >= 11 is 0. The number of methoxy groups -OCH3 is 1. The molecule has 1 aliphatic heterocycles. The third-order valence-corrected chi connectivity index (χ3v) is 4.20. The fourth-order valence-corrected chi connectivity index (χ4v) is 2.91. The molecule has 4 nitrogen and oxygen atoms in total. The molecule has 1 aliphatic rings. The molecule has 0 unspecified atom stereocenters. The lowest BCUT2D eigenvalue weighted by molar-refractivity contribution is -0.143. The Morgan fingerprint density at radius 1 is 1.14 bits per heavy atom. The number of nitrogens with one attached hydrogen (secondary N) is 1. The minimum atomic E-state index is -1.03. The van der Waals surface area contributed by atoms with Gasteiger partial charge >= 0.3 is 5.97 Å². The second kappa shape index (κ2) is 5.91. The quantitative estimate of drug-likeness (QED) is 0.852. The molecule has 3 rings (SSSR count). The summed E-state index contributed by atoms with van der Waals surface area (Å²) in [4.78, 5) is 11.6. The molecule has 2 N–H and O–H groups in total. The first-order valence-corrected chi connectivity index (χ1v) is 7.32. The smallest absolute Gasteiger partial charge is 0.322 e. The number of ether oxygens (including phenoxy) is 1. The highest BCUT2D eigenvalue weighted by Crippen LogP contribution is 2.32. The molecule has 0 radical (unpaired) electrons. The van der Waals surface area contributed by atoms with E-state index in [-0.39, 0.29) is 5.97 Å². The van der Waals surface area contributed by atoms with Crippen LogP contribution >= 0.6 is 0 Å². The topological polar surface area (TPSA) is 58.6 Å². The van der Waals surface area contributed by atoms with E-state index in [1.165, 1.54) is 7.11 Å². The van der Waals surface area contributed by atoms with Crippen molar-refractivity contribution in [2.75, 3.05) is 13.7 Å². The zero-order chi connectivity index (χ0) is 15.6. The summed E-state index contributed by atoms with van der Waals surface area (Å²) < 4.78 is 4.73. The van der Waals surface area contributed by atoms with Crippen molar-refractivity contribution in [3.8, 4) is 11.1 Å². The molecule has 0 aliphatic carbocycles. The number of rotatable bonds is 3. The van der Waals surface area contributed by atoms with Crippen molar-refractivity contribution in [2.45, 2.75) is 18.1 Å². The number of carbonyl (C=O) groups excluding carboxylic acids is 1. The van der Waals surface area contributed by atoms with Gasteiger partial charge in [0.2, 0.25) is 0 Å². The predicted octanol–water partition coefficient (Wildman–Crippen LogP) is 2.08. The van der Waals surface area contributed by atoms with E-state index in [9.17, 15) is 9.90 Å². The Bertz CT molecular complexity index is 654. The molecule has 1 saturated heterocycles. The number of hydrogen-bond acceptors (Lipinski definition) is 4. The molecule has 22 heavy (non-hydrogen) atoms. The van der Waals surface area contributed by atoms with E-state index >= 15 is 0 Å². The standard InChI is InChI=1S/C18H19NO3/c1-22-17(20)16-11-18(21,12-19-16)15-9-7-14(8-10-15)13-5-3-2-4-6-13/h2-10,16,19,21H,11-12H2,1H3/t16-,18-/m0/s1. The van der Waals surface area contributed by atoms with Crippen molar-refractivity contribution in [3.05, 3.63) is 60.2 Å². The Morgan fingerprint density at radius 2 is 1.77 bits per heavy atom. The predicted molar refractivity (Wildman–Crippen MR) is 84.2 cm³/mol. The van der Waals surface area contributed by atoms with Crippen LogP contribution in [0.2, 0.25) is 0 Å². The summed E-state index contributed by atoms with van der Waals surface area (Å²) in [6, 6.07) is 17.5. The summed E-state index contributed by atoms with van der Waals surface area (Å²) in [7, 11) is 1.36. The SMILES string of the molecule is COC(=O)[C@@H]1C[C@@](O)(c2ccc(-c3ccccc3)cc2)CN1. The van der Waals surface area contributed by atoms with Crippen LogP contribution in [0.25, 0.3) is 11.1 Å². The summed E-state index contributed by atoms with van der Waals surface area (Å²) in [5.74, 6) is -0.336. The minimum Gasteiger partial charge on any atom is -0.468 e. The summed E-state index contributed by atoms with van der Waals surface area (Å²) in [6.45, 7) is 0.345. The lowest BCUT2D eigenvalue weighted by Crippen LogP contribution is -2.31. The van der Waals surface area contributed by atoms with Gasteiger partial charge in [-0.1, -0.05) is 54.6 Å². The number of benzene rings is 2. The van der Waals surface area contributed by atoms with Gasteiger partial charge in [-0.3, -0.25) is 4.79 Å². The van der Waals surface area contributed by atoms with E-state index in [2.05, 4.69) is 5.32 Å². The van der Waals surface area contributed by atoms with Crippen LogP contribution in [0, 0.1) is 0 Å². The van der Waals surface area contributed by atoms with Gasteiger partial charge in [0.05, 0.1) is 7.11 Å². The molecular formula is C18H19NO3. The molecule has 4 heteroatoms. The highest BCUT2D eigenvalue weighted by atomic mass is 16.5. The molecule has 0 saturated carbocycles. The first-order valence-electron chi connectivity index (χ1n) is 7.32. The summed E-state index contributed by atoms with van der Waals surface area (Å²) in [5, 5.41) is 13.8. The van der Waals surface area contributed by atoms with Crippen LogP contribution in [-0.2, 0) is 15.1 Å². The van der Waals surface area contributed by atoms with Crippen LogP contribution in [0.5, 0.6) is 0 Å². The second-order valence-electron chi connectivity index (χ2n) is 5.64. The molecule has 1 fully saturated rings. The zero-order valence-corrected chi connectivity index (χ0v) is 12.5. The Labute approximate surface area is 129 Å². The van der Waals surface area contributed by atoms with Gasteiger partial charge in [0.1, 0.15) is 11.6 Å². The van der Waals surface area contributed by atoms with Crippen molar-refractivity contribution in [2.24, 2.45) is 0 Å². The monoisotopic (exact) mass is 297 g/mol. The van der Waals surface area contributed by atoms with Gasteiger partial charge in [-0.15, -0.1) is 0 Å².